The third-order valence-electron chi connectivity index (χ3n) is 8.25. The van der Waals surface area contributed by atoms with Crippen LogP contribution in [0.15, 0.2) is 113 Å². The Morgan fingerprint density at radius 3 is 1.78 bits per heavy atom. The standard InChI is InChI=1S/C28H34.C10H11F3/c1-7-15-25-24(8-2)21(5)28(6,26(25)20(3)4)27(22-16-11-9-12-17-22)23-18-13-10-14-19-23;1-3-7-4-8(10(2,12)13)6-9(11)5-7/h9-14,16-19,27H,5,7-8,15H2,1-4,6H3;4-6H,3H2,1-2H3. The van der Waals surface area contributed by atoms with Crippen LogP contribution >= 0.6 is 0 Å². The first kappa shape index (κ1) is 32.2. The fourth-order valence-electron chi connectivity index (χ4n) is 6.46. The highest BCUT2D eigenvalue weighted by atomic mass is 19.3. The minimum Gasteiger partial charge on any atom is -0.207 e. The normalized spacial score (nSPS) is 17.1. The molecule has 0 N–H and O–H groups in total. The van der Waals surface area contributed by atoms with Crippen molar-refractivity contribution >= 4 is 0 Å². The summed E-state index contributed by atoms with van der Waals surface area (Å²) in [6.07, 6.45) is 3.91. The van der Waals surface area contributed by atoms with E-state index in [4.69, 9.17) is 6.58 Å². The van der Waals surface area contributed by atoms with Crippen LogP contribution in [0, 0.1) is 11.2 Å². The number of alkyl halides is 2. The summed E-state index contributed by atoms with van der Waals surface area (Å²) in [6, 6.07) is 25.5. The molecule has 1 aliphatic rings. The molecule has 0 bridgehead atoms. The minimum absolute atomic E-state index is 0.128. The molecule has 1 atom stereocenters. The third-order valence-corrected chi connectivity index (χ3v) is 8.25. The summed E-state index contributed by atoms with van der Waals surface area (Å²) in [4.78, 5) is 0. The van der Waals surface area contributed by atoms with Gasteiger partial charge in [0.2, 0.25) is 0 Å². The quantitative estimate of drug-likeness (QED) is 0.258. The fourth-order valence-corrected chi connectivity index (χ4v) is 6.46. The van der Waals surface area contributed by atoms with Gasteiger partial charge < -0.3 is 0 Å². The van der Waals surface area contributed by atoms with Gasteiger partial charge >= 0.3 is 0 Å². The summed E-state index contributed by atoms with van der Waals surface area (Å²) < 4.78 is 38.4. The Bertz CT molecular complexity index is 1350. The van der Waals surface area contributed by atoms with Crippen molar-refractivity contribution in [2.24, 2.45) is 5.41 Å². The Balaban J connectivity index is 0.000000298. The van der Waals surface area contributed by atoms with E-state index in [0.29, 0.717) is 12.0 Å². The summed E-state index contributed by atoms with van der Waals surface area (Å²) in [6.45, 7) is 18.8. The highest BCUT2D eigenvalue weighted by Crippen LogP contribution is 2.61. The lowest BCUT2D eigenvalue weighted by molar-refractivity contribution is 0.0171. The van der Waals surface area contributed by atoms with Gasteiger partial charge in [-0.25, -0.2) is 13.2 Å². The van der Waals surface area contributed by atoms with Crippen LogP contribution in [0.2, 0.25) is 0 Å². The van der Waals surface area contributed by atoms with Gasteiger partial charge in [0.05, 0.1) is 0 Å². The second-order valence-electron chi connectivity index (χ2n) is 11.5. The van der Waals surface area contributed by atoms with Crippen LogP contribution in [0.3, 0.4) is 0 Å². The van der Waals surface area contributed by atoms with Crippen molar-refractivity contribution < 1.29 is 13.2 Å². The number of hydrogen-bond acceptors (Lipinski definition) is 0. The molecule has 0 saturated carbocycles. The predicted molar refractivity (Wildman–Crippen MR) is 168 cm³/mol. The van der Waals surface area contributed by atoms with Gasteiger partial charge in [0.25, 0.3) is 5.92 Å². The molecule has 1 aliphatic carbocycles. The Labute approximate surface area is 245 Å². The van der Waals surface area contributed by atoms with E-state index >= 15 is 0 Å². The highest BCUT2D eigenvalue weighted by Gasteiger charge is 2.48. The monoisotopic (exact) mass is 558 g/mol. The molecule has 3 aromatic rings. The van der Waals surface area contributed by atoms with Crippen molar-refractivity contribution in [2.45, 2.75) is 86.0 Å². The van der Waals surface area contributed by atoms with Crippen LogP contribution < -0.4 is 0 Å². The summed E-state index contributed by atoms with van der Waals surface area (Å²) in [7, 11) is 0. The van der Waals surface area contributed by atoms with Crippen molar-refractivity contribution in [1.29, 1.82) is 0 Å². The van der Waals surface area contributed by atoms with E-state index in [-0.39, 0.29) is 16.9 Å². The maximum atomic E-state index is 12.8. The van der Waals surface area contributed by atoms with Crippen molar-refractivity contribution in [3.05, 3.63) is 141 Å². The van der Waals surface area contributed by atoms with E-state index in [1.807, 2.05) is 0 Å². The van der Waals surface area contributed by atoms with Crippen LogP contribution in [0.1, 0.15) is 95.9 Å². The molecule has 0 heterocycles. The molecular formula is C38H45F3. The molecule has 0 radical (unpaired) electrons. The highest BCUT2D eigenvalue weighted by molar-refractivity contribution is 5.64. The van der Waals surface area contributed by atoms with E-state index in [2.05, 4.69) is 95.3 Å². The number of rotatable bonds is 8. The zero-order valence-corrected chi connectivity index (χ0v) is 25.8. The lowest BCUT2D eigenvalue weighted by atomic mass is 9.63. The number of halogens is 3. The number of allylic oxidation sites excluding steroid dienone is 5. The van der Waals surface area contributed by atoms with Crippen molar-refractivity contribution in [3.8, 4) is 0 Å². The zero-order valence-electron chi connectivity index (χ0n) is 25.8. The van der Waals surface area contributed by atoms with Crippen molar-refractivity contribution in [1.82, 2.24) is 0 Å². The van der Waals surface area contributed by atoms with E-state index < -0.39 is 11.7 Å². The first-order chi connectivity index (χ1) is 19.4. The van der Waals surface area contributed by atoms with Crippen LogP contribution in [-0.4, -0.2) is 0 Å². The molecule has 0 spiro atoms. The van der Waals surface area contributed by atoms with Crippen molar-refractivity contribution in [2.75, 3.05) is 0 Å². The lowest BCUT2D eigenvalue weighted by Crippen LogP contribution is -2.29. The summed E-state index contributed by atoms with van der Waals surface area (Å²) in [5.41, 5.74) is 10.2. The number of hydrogen-bond donors (Lipinski definition) is 0. The van der Waals surface area contributed by atoms with Gasteiger partial charge in [-0.3, -0.25) is 0 Å². The smallest absolute Gasteiger partial charge is 0.207 e. The fraction of sp³-hybridized carbons (Fsp3) is 0.368. The minimum atomic E-state index is -2.97. The van der Waals surface area contributed by atoms with Gasteiger partial charge in [-0.05, 0) is 90.3 Å². The maximum absolute atomic E-state index is 12.8. The molecular weight excluding hydrogens is 513 g/mol. The van der Waals surface area contributed by atoms with E-state index in [1.165, 1.54) is 52.0 Å². The van der Waals surface area contributed by atoms with Crippen LogP contribution in [-0.2, 0) is 12.3 Å². The second-order valence-corrected chi connectivity index (χ2v) is 11.5. The summed E-state index contributed by atoms with van der Waals surface area (Å²) in [5.74, 6) is -3.31. The van der Waals surface area contributed by atoms with Gasteiger partial charge in [0.15, 0.2) is 0 Å². The molecule has 0 aliphatic heterocycles. The molecule has 3 aromatic carbocycles. The molecule has 41 heavy (non-hydrogen) atoms. The van der Waals surface area contributed by atoms with E-state index in [1.54, 1.807) is 12.5 Å². The topological polar surface area (TPSA) is 0 Å². The van der Waals surface area contributed by atoms with Crippen LogP contribution in [0.5, 0.6) is 0 Å². The second kappa shape index (κ2) is 13.6. The molecule has 3 heteroatoms. The van der Waals surface area contributed by atoms with Gasteiger partial charge in [-0.2, -0.15) is 0 Å². The lowest BCUT2D eigenvalue weighted by Gasteiger charge is -2.40. The van der Waals surface area contributed by atoms with Crippen LogP contribution in [0.4, 0.5) is 13.2 Å². The molecule has 0 saturated heterocycles. The molecule has 0 fully saturated rings. The summed E-state index contributed by atoms with van der Waals surface area (Å²) in [5, 5.41) is 0. The Morgan fingerprint density at radius 1 is 0.829 bits per heavy atom. The zero-order chi connectivity index (χ0) is 30.4. The third kappa shape index (κ3) is 6.94. The molecule has 218 valence electrons. The molecule has 0 amide bonds. The van der Waals surface area contributed by atoms with E-state index in [9.17, 15) is 13.2 Å². The SMILES string of the molecule is C=C1C(CC)=C(CCC)C(=C(C)C)C1(C)C(c1ccccc1)c1ccccc1.CCc1cc(F)cc(C(C)(F)F)c1. The Morgan fingerprint density at radius 2 is 1.37 bits per heavy atom. The molecule has 0 aromatic heterocycles. The predicted octanol–water partition coefficient (Wildman–Crippen LogP) is 11.7. The largest absolute Gasteiger partial charge is 0.270 e. The number of benzene rings is 3. The van der Waals surface area contributed by atoms with Gasteiger partial charge in [0, 0.05) is 23.8 Å². The molecule has 0 nitrogen and oxygen atoms in total. The maximum Gasteiger partial charge on any atom is 0.270 e. The number of aryl methyl sites for hydroxylation is 1. The van der Waals surface area contributed by atoms with Gasteiger partial charge in [-0.15, -0.1) is 0 Å². The Hall–Kier alpha value is -3.33. The molecule has 4 rings (SSSR count). The van der Waals surface area contributed by atoms with Crippen molar-refractivity contribution in [3.63, 3.8) is 0 Å². The first-order valence-electron chi connectivity index (χ1n) is 14.8. The van der Waals surface area contributed by atoms with Gasteiger partial charge in [0.1, 0.15) is 5.82 Å². The first-order valence-corrected chi connectivity index (χ1v) is 14.8. The summed E-state index contributed by atoms with van der Waals surface area (Å²) >= 11 is 0. The average molecular weight is 559 g/mol. The molecule has 1 unspecified atom stereocenters. The van der Waals surface area contributed by atoms with Crippen LogP contribution in [0.25, 0.3) is 0 Å². The average Bonchev–Trinajstić information content (AvgIpc) is 3.15. The Kier molecular flexibility index (Phi) is 10.6. The van der Waals surface area contributed by atoms with E-state index in [0.717, 1.165) is 25.8 Å². The van der Waals surface area contributed by atoms with Gasteiger partial charge in [-0.1, -0.05) is 107 Å².